The van der Waals surface area contributed by atoms with Gasteiger partial charge in [-0.25, -0.2) is 0 Å². The van der Waals surface area contributed by atoms with Crippen LogP contribution in [0.25, 0.3) is 10.8 Å². The van der Waals surface area contributed by atoms with Gasteiger partial charge in [0.2, 0.25) is 0 Å². The van der Waals surface area contributed by atoms with E-state index in [-0.39, 0.29) is 5.56 Å². The number of pyridine rings is 1. The third-order valence-electron chi connectivity index (χ3n) is 4.68. The van der Waals surface area contributed by atoms with Crippen molar-refractivity contribution in [2.75, 3.05) is 24.5 Å². The van der Waals surface area contributed by atoms with Gasteiger partial charge in [0.25, 0.3) is 5.56 Å². The van der Waals surface area contributed by atoms with E-state index in [1.807, 2.05) is 24.3 Å². The zero-order valence-electron chi connectivity index (χ0n) is 11.4. The molecule has 2 aromatic rings. The molecule has 0 spiro atoms. The number of hydrogen-bond donors (Lipinski definition) is 2. The summed E-state index contributed by atoms with van der Waals surface area (Å²) < 4.78 is 0. The molecule has 2 aliphatic rings. The molecule has 0 aliphatic carbocycles. The number of nitrogens with one attached hydrogen (secondary N) is 2. The van der Waals surface area contributed by atoms with Crippen molar-refractivity contribution < 1.29 is 0 Å². The molecule has 1 aromatic heterocycles. The SMILES string of the molecule is O=c1[nH]c(N2C[C@@H]3CCCN[C@@H]3C2)cc2ccccc12. The molecule has 1 aromatic carbocycles. The smallest absolute Gasteiger partial charge is 0.257 e. The highest BCUT2D eigenvalue weighted by atomic mass is 16.1. The first-order chi connectivity index (χ1) is 9.81. The minimum atomic E-state index is 0.0148. The number of hydrogen-bond acceptors (Lipinski definition) is 3. The number of aromatic nitrogens is 1. The lowest BCUT2D eigenvalue weighted by Gasteiger charge is -2.24. The van der Waals surface area contributed by atoms with Crippen LogP contribution < -0.4 is 15.8 Å². The number of piperidine rings is 1. The predicted octanol–water partition coefficient (Wildman–Crippen LogP) is 1.72. The Kier molecular flexibility index (Phi) is 2.77. The molecular formula is C16H19N3O. The Morgan fingerprint density at radius 3 is 3.00 bits per heavy atom. The van der Waals surface area contributed by atoms with E-state index in [4.69, 9.17) is 0 Å². The molecule has 20 heavy (non-hydrogen) atoms. The highest BCUT2D eigenvalue weighted by molar-refractivity contribution is 5.83. The fourth-order valence-corrected chi connectivity index (χ4v) is 3.61. The Labute approximate surface area is 117 Å². The third-order valence-corrected chi connectivity index (χ3v) is 4.68. The monoisotopic (exact) mass is 269 g/mol. The van der Waals surface area contributed by atoms with Crippen molar-refractivity contribution in [3.05, 3.63) is 40.7 Å². The quantitative estimate of drug-likeness (QED) is 0.828. The van der Waals surface area contributed by atoms with Gasteiger partial charge in [0, 0.05) is 24.5 Å². The summed E-state index contributed by atoms with van der Waals surface area (Å²) in [6.07, 6.45) is 2.56. The number of aromatic amines is 1. The average Bonchev–Trinajstić information content (AvgIpc) is 2.91. The van der Waals surface area contributed by atoms with Crippen molar-refractivity contribution in [3.63, 3.8) is 0 Å². The second kappa shape index (κ2) is 4.63. The lowest BCUT2D eigenvalue weighted by molar-refractivity contribution is 0.340. The van der Waals surface area contributed by atoms with E-state index in [0.717, 1.165) is 42.1 Å². The van der Waals surface area contributed by atoms with E-state index < -0.39 is 0 Å². The minimum absolute atomic E-state index is 0.0148. The molecule has 0 radical (unpaired) electrons. The maximum Gasteiger partial charge on any atom is 0.257 e. The number of benzene rings is 1. The average molecular weight is 269 g/mol. The summed E-state index contributed by atoms with van der Waals surface area (Å²) in [5.74, 6) is 1.68. The van der Waals surface area contributed by atoms with Crippen LogP contribution in [0.2, 0.25) is 0 Å². The molecule has 2 saturated heterocycles. The van der Waals surface area contributed by atoms with Gasteiger partial charge >= 0.3 is 0 Å². The summed E-state index contributed by atoms with van der Waals surface area (Å²) in [5.41, 5.74) is 0.0148. The maximum atomic E-state index is 12.2. The van der Waals surface area contributed by atoms with Crippen LogP contribution in [0.5, 0.6) is 0 Å². The summed E-state index contributed by atoms with van der Waals surface area (Å²) >= 11 is 0. The summed E-state index contributed by atoms with van der Waals surface area (Å²) in [5, 5.41) is 5.39. The highest BCUT2D eigenvalue weighted by Crippen LogP contribution is 2.28. The zero-order chi connectivity index (χ0) is 13.5. The van der Waals surface area contributed by atoms with Crippen LogP contribution >= 0.6 is 0 Å². The van der Waals surface area contributed by atoms with Crippen LogP contribution in [0, 0.1) is 5.92 Å². The number of anilines is 1. The molecule has 0 amide bonds. The summed E-state index contributed by atoms with van der Waals surface area (Å²) in [7, 11) is 0. The standard InChI is InChI=1S/C16H19N3O/c20-16-13-6-2-1-4-11(13)8-15(18-16)19-9-12-5-3-7-17-14(12)10-19/h1-2,4,6,8,12,14,17H,3,5,7,9-10H2,(H,18,20)/t12-,14+/m0/s1. The molecule has 0 unspecified atom stereocenters. The van der Waals surface area contributed by atoms with Crippen LogP contribution in [-0.2, 0) is 0 Å². The first-order valence-electron chi connectivity index (χ1n) is 7.42. The molecule has 2 aliphatic heterocycles. The van der Waals surface area contributed by atoms with Crippen molar-refractivity contribution in [2.45, 2.75) is 18.9 Å². The van der Waals surface area contributed by atoms with Gasteiger partial charge in [0.15, 0.2) is 0 Å². The predicted molar refractivity (Wildman–Crippen MR) is 81.3 cm³/mol. The third kappa shape index (κ3) is 1.91. The Balaban J connectivity index is 1.70. The Morgan fingerprint density at radius 1 is 1.20 bits per heavy atom. The topological polar surface area (TPSA) is 48.1 Å². The van der Waals surface area contributed by atoms with Gasteiger partial charge in [-0.15, -0.1) is 0 Å². The maximum absolute atomic E-state index is 12.2. The van der Waals surface area contributed by atoms with Gasteiger partial charge in [-0.2, -0.15) is 0 Å². The second-order valence-corrected chi connectivity index (χ2v) is 5.94. The minimum Gasteiger partial charge on any atom is -0.356 e. The molecule has 0 saturated carbocycles. The molecule has 4 rings (SSSR count). The summed E-state index contributed by atoms with van der Waals surface area (Å²) in [6.45, 7) is 3.17. The van der Waals surface area contributed by atoms with Gasteiger partial charge in [0.1, 0.15) is 5.82 Å². The number of rotatable bonds is 1. The van der Waals surface area contributed by atoms with Crippen LogP contribution in [0.1, 0.15) is 12.8 Å². The molecule has 2 atom stereocenters. The molecular weight excluding hydrogens is 250 g/mol. The number of nitrogens with zero attached hydrogens (tertiary/aromatic N) is 1. The lowest BCUT2D eigenvalue weighted by atomic mass is 9.94. The summed E-state index contributed by atoms with van der Waals surface area (Å²) in [6, 6.07) is 10.5. The largest absolute Gasteiger partial charge is 0.356 e. The lowest BCUT2D eigenvalue weighted by Crippen LogP contribution is -2.40. The summed E-state index contributed by atoms with van der Waals surface area (Å²) in [4.78, 5) is 17.5. The first kappa shape index (κ1) is 12.0. The molecule has 2 N–H and O–H groups in total. The first-order valence-corrected chi connectivity index (χ1v) is 7.42. The van der Waals surface area contributed by atoms with Crippen LogP contribution in [-0.4, -0.2) is 30.7 Å². The Hall–Kier alpha value is -1.81. The second-order valence-electron chi connectivity index (χ2n) is 5.94. The Morgan fingerprint density at radius 2 is 2.10 bits per heavy atom. The fourth-order valence-electron chi connectivity index (χ4n) is 3.61. The van der Waals surface area contributed by atoms with Crippen molar-refractivity contribution >= 4 is 16.6 Å². The van der Waals surface area contributed by atoms with Crippen LogP contribution in [0.15, 0.2) is 35.1 Å². The highest BCUT2D eigenvalue weighted by Gasteiger charge is 2.34. The van der Waals surface area contributed by atoms with Crippen molar-refractivity contribution in [1.29, 1.82) is 0 Å². The van der Waals surface area contributed by atoms with Crippen LogP contribution in [0.3, 0.4) is 0 Å². The van der Waals surface area contributed by atoms with E-state index in [1.54, 1.807) is 0 Å². The van der Waals surface area contributed by atoms with Crippen LogP contribution in [0.4, 0.5) is 5.82 Å². The van der Waals surface area contributed by atoms with Crippen molar-refractivity contribution in [3.8, 4) is 0 Å². The number of fused-ring (bicyclic) bond motifs is 2. The van der Waals surface area contributed by atoms with Crippen molar-refractivity contribution in [2.24, 2.45) is 5.92 Å². The van der Waals surface area contributed by atoms with Gasteiger partial charge < -0.3 is 15.2 Å². The molecule has 4 heteroatoms. The van der Waals surface area contributed by atoms with Gasteiger partial charge in [0.05, 0.1) is 0 Å². The van der Waals surface area contributed by atoms with E-state index in [2.05, 4.69) is 21.3 Å². The van der Waals surface area contributed by atoms with Gasteiger partial charge in [-0.3, -0.25) is 4.79 Å². The Bertz CT molecular complexity index is 679. The normalized spacial score (nSPS) is 25.9. The van der Waals surface area contributed by atoms with Crippen molar-refractivity contribution in [1.82, 2.24) is 10.3 Å². The molecule has 4 nitrogen and oxygen atoms in total. The zero-order valence-corrected chi connectivity index (χ0v) is 11.4. The van der Waals surface area contributed by atoms with E-state index in [9.17, 15) is 4.79 Å². The molecule has 104 valence electrons. The van der Waals surface area contributed by atoms with E-state index >= 15 is 0 Å². The molecule has 3 heterocycles. The van der Waals surface area contributed by atoms with E-state index in [0.29, 0.717) is 6.04 Å². The molecule has 0 bridgehead atoms. The number of H-pyrrole nitrogens is 1. The fraction of sp³-hybridized carbons (Fsp3) is 0.438. The molecule has 2 fully saturated rings. The van der Waals surface area contributed by atoms with E-state index in [1.165, 1.54) is 12.8 Å². The van der Waals surface area contributed by atoms with Gasteiger partial charge in [-0.05, 0) is 42.8 Å². The van der Waals surface area contributed by atoms with Gasteiger partial charge in [-0.1, -0.05) is 18.2 Å².